The molecule has 0 aromatic carbocycles. The predicted molar refractivity (Wildman–Crippen MR) is 64.4 cm³/mol. The molecule has 1 aliphatic rings. The molecule has 0 saturated carbocycles. The Labute approximate surface area is 112 Å². The molecule has 1 saturated heterocycles. The number of imidazole rings is 1. The summed E-state index contributed by atoms with van der Waals surface area (Å²) in [5.74, 6) is -0.419. The van der Waals surface area contributed by atoms with Gasteiger partial charge < -0.3 is 30.9 Å². The summed E-state index contributed by atoms with van der Waals surface area (Å²) in [6, 6.07) is 0. The Balaban J connectivity index is 2.11. The molecule has 2 aromatic heterocycles. The number of aliphatic hydroxyl groups excluding tert-OH is 3. The summed E-state index contributed by atoms with van der Waals surface area (Å²) in [5.41, 5.74) is 5.95. The molecule has 2 unspecified atom stereocenters. The minimum atomic E-state index is -1.32. The number of ether oxygens (including phenoxy) is 1. The first kappa shape index (κ1) is 13.0. The summed E-state index contributed by atoms with van der Waals surface area (Å²) in [4.78, 5) is 11.4. The van der Waals surface area contributed by atoms with Gasteiger partial charge in [-0.2, -0.15) is 4.98 Å². The third-order valence-corrected chi connectivity index (χ3v) is 3.26. The molecule has 0 radical (unpaired) electrons. The van der Waals surface area contributed by atoms with Crippen LogP contribution in [0.2, 0.25) is 0 Å². The topological polar surface area (TPSA) is 160 Å². The maximum atomic E-state index is 9.99. The summed E-state index contributed by atoms with van der Waals surface area (Å²) in [5, 5.41) is 38.4. The quantitative estimate of drug-likeness (QED) is 0.409. The third-order valence-electron chi connectivity index (χ3n) is 3.26. The number of anilines is 1. The van der Waals surface area contributed by atoms with E-state index in [0.717, 1.165) is 6.33 Å². The van der Waals surface area contributed by atoms with Gasteiger partial charge in [0, 0.05) is 0 Å². The van der Waals surface area contributed by atoms with Crippen molar-refractivity contribution in [3.63, 3.8) is 0 Å². The number of rotatable bonds is 2. The van der Waals surface area contributed by atoms with Crippen molar-refractivity contribution < 1.29 is 25.2 Å². The van der Waals surface area contributed by atoms with Gasteiger partial charge in [0.1, 0.15) is 24.6 Å². The molecular formula is C10H13N5O5. The van der Waals surface area contributed by atoms with Gasteiger partial charge in [-0.05, 0) is 0 Å². The van der Waals surface area contributed by atoms with Gasteiger partial charge in [-0.25, -0.2) is 9.97 Å². The van der Waals surface area contributed by atoms with E-state index in [2.05, 4.69) is 15.0 Å². The fourth-order valence-electron chi connectivity index (χ4n) is 2.26. The Kier molecular flexibility index (Phi) is 2.94. The first-order chi connectivity index (χ1) is 9.54. The molecule has 108 valence electrons. The summed E-state index contributed by atoms with van der Waals surface area (Å²) < 4.78 is 6.60. The van der Waals surface area contributed by atoms with Crippen molar-refractivity contribution in [1.82, 2.24) is 19.5 Å². The SMILES string of the molecule is Nc1nc2c(O)ncnc2n1[C@@H]1O[C@H](CO)C(O)C1O. The van der Waals surface area contributed by atoms with E-state index in [9.17, 15) is 15.3 Å². The highest BCUT2D eigenvalue weighted by atomic mass is 16.6. The average molecular weight is 283 g/mol. The molecule has 0 amide bonds. The number of hydrogen-bond acceptors (Lipinski definition) is 9. The van der Waals surface area contributed by atoms with E-state index in [4.69, 9.17) is 15.6 Å². The van der Waals surface area contributed by atoms with Crippen molar-refractivity contribution >= 4 is 17.1 Å². The number of aromatic nitrogens is 4. The van der Waals surface area contributed by atoms with Crippen molar-refractivity contribution in [2.75, 3.05) is 12.3 Å². The Morgan fingerprint density at radius 3 is 2.70 bits per heavy atom. The van der Waals surface area contributed by atoms with Gasteiger partial charge in [0.2, 0.25) is 11.8 Å². The first-order valence-electron chi connectivity index (χ1n) is 5.84. The number of hydrogen-bond donors (Lipinski definition) is 5. The van der Waals surface area contributed by atoms with Gasteiger partial charge in [0.05, 0.1) is 6.61 Å². The lowest BCUT2D eigenvalue weighted by Gasteiger charge is -2.17. The molecule has 6 N–H and O–H groups in total. The molecule has 0 aliphatic carbocycles. The molecule has 4 atom stereocenters. The van der Waals surface area contributed by atoms with Gasteiger partial charge in [0.25, 0.3) is 0 Å². The van der Waals surface area contributed by atoms with E-state index in [1.165, 1.54) is 4.57 Å². The van der Waals surface area contributed by atoms with Crippen LogP contribution in [-0.2, 0) is 4.74 Å². The lowest BCUT2D eigenvalue weighted by Crippen LogP contribution is -2.33. The van der Waals surface area contributed by atoms with E-state index >= 15 is 0 Å². The molecule has 0 spiro atoms. The molecule has 3 rings (SSSR count). The Bertz CT molecular complexity index is 646. The zero-order valence-electron chi connectivity index (χ0n) is 10.2. The highest BCUT2D eigenvalue weighted by molar-refractivity contribution is 5.78. The van der Waals surface area contributed by atoms with Gasteiger partial charge in [0.15, 0.2) is 17.4 Å². The molecule has 0 bridgehead atoms. The minimum absolute atomic E-state index is 0.0581. The van der Waals surface area contributed by atoms with Crippen LogP contribution in [0.15, 0.2) is 6.33 Å². The monoisotopic (exact) mass is 283 g/mol. The van der Waals surface area contributed by atoms with E-state index < -0.39 is 31.1 Å². The van der Waals surface area contributed by atoms with Crippen LogP contribution < -0.4 is 5.73 Å². The fraction of sp³-hybridized carbons (Fsp3) is 0.500. The van der Waals surface area contributed by atoms with Crippen LogP contribution in [-0.4, -0.2) is 64.9 Å². The maximum absolute atomic E-state index is 9.99. The van der Waals surface area contributed by atoms with Gasteiger partial charge in [-0.1, -0.05) is 0 Å². The maximum Gasteiger partial charge on any atom is 0.243 e. The smallest absolute Gasteiger partial charge is 0.243 e. The lowest BCUT2D eigenvalue weighted by molar-refractivity contribution is -0.0500. The van der Waals surface area contributed by atoms with Crippen molar-refractivity contribution in [2.24, 2.45) is 0 Å². The van der Waals surface area contributed by atoms with Crippen LogP contribution in [0.3, 0.4) is 0 Å². The molecule has 20 heavy (non-hydrogen) atoms. The summed E-state index contributed by atoms with van der Waals surface area (Å²) in [7, 11) is 0. The summed E-state index contributed by atoms with van der Waals surface area (Å²) in [6.45, 7) is -0.457. The number of fused-ring (bicyclic) bond motifs is 1. The second-order valence-electron chi connectivity index (χ2n) is 4.44. The predicted octanol–water partition coefficient (Wildman–Crippen LogP) is -2.27. The van der Waals surface area contributed by atoms with E-state index in [-0.39, 0.29) is 23.0 Å². The van der Waals surface area contributed by atoms with Gasteiger partial charge >= 0.3 is 0 Å². The van der Waals surface area contributed by atoms with E-state index in [1.54, 1.807) is 0 Å². The number of aliphatic hydroxyl groups is 3. The van der Waals surface area contributed by atoms with Crippen LogP contribution in [0.4, 0.5) is 5.95 Å². The largest absolute Gasteiger partial charge is 0.492 e. The second-order valence-corrected chi connectivity index (χ2v) is 4.44. The number of aromatic hydroxyl groups is 1. The lowest BCUT2D eigenvalue weighted by atomic mass is 10.1. The van der Waals surface area contributed by atoms with Crippen LogP contribution >= 0.6 is 0 Å². The summed E-state index contributed by atoms with van der Waals surface area (Å²) >= 11 is 0. The number of nitrogens with zero attached hydrogens (tertiary/aromatic N) is 4. The zero-order valence-corrected chi connectivity index (χ0v) is 10.2. The second kappa shape index (κ2) is 4.52. The Morgan fingerprint density at radius 2 is 2.05 bits per heavy atom. The van der Waals surface area contributed by atoms with Crippen molar-refractivity contribution in [2.45, 2.75) is 24.5 Å². The normalized spacial score (nSPS) is 30.1. The highest BCUT2D eigenvalue weighted by Gasteiger charge is 2.44. The molecular weight excluding hydrogens is 270 g/mol. The average Bonchev–Trinajstić information content (AvgIpc) is 2.90. The van der Waals surface area contributed by atoms with Crippen LogP contribution in [0.25, 0.3) is 11.2 Å². The van der Waals surface area contributed by atoms with Crippen LogP contribution in [0, 0.1) is 0 Å². The fourth-order valence-corrected chi connectivity index (χ4v) is 2.26. The number of nitrogens with two attached hydrogens (primary N) is 1. The third kappa shape index (κ3) is 1.70. The van der Waals surface area contributed by atoms with E-state index in [0.29, 0.717) is 0 Å². The van der Waals surface area contributed by atoms with Crippen molar-refractivity contribution in [3.8, 4) is 5.88 Å². The molecule has 1 fully saturated rings. The molecule has 10 heteroatoms. The number of nitrogen functional groups attached to an aromatic ring is 1. The van der Waals surface area contributed by atoms with Gasteiger partial charge in [-0.3, -0.25) is 4.57 Å². The Hall–Kier alpha value is -2.01. The molecule has 10 nitrogen and oxygen atoms in total. The van der Waals surface area contributed by atoms with E-state index in [1.807, 2.05) is 0 Å². The van der Waals surface area contributed by atoms with Gasteiger partial charge in [-0.15, -0.1) is 0 Å². The zero-order chi connectivity index (χ0) is 14.4. The Morgan fingerprint density at radius 1 is 1.30 bits per heavy atom. The van der Waals surface area contributed by atoms with Crippen molar-refractivity contribution in [3.05, 3.63) is 6.33 Å². The first-order valence-corrected chi connectivity index (χ1v) is 5.84. The molecule has 1 aliphatic heterocycles. The standard InChI is InChI=1S/C10H13N5O5/c11-10-14-4-7(12-2-13-8(4)19)15(10)9-6(18)5(17)3(1-16)20-9/h2-3,5-6,9,16-18H,1H2,(H2,11,14)(H,12,13,19)/t3-,5?,6?,9-/m1/s1. The highest BCUT2D eigenvalue weighted by Crippen LogP contribution is 2.34. The molecule has 3 heterocycles. The van der Waals surface area contributed by atoms with Crippen LogP contribution in [0.5, 0.6) is 5.88 Å². The van der Waals surface area contributed by atoms with Crippen molar-refractivity contribution in [1.29, 1.82) is 0 Å². The van der Waals surface area contributed by atoms with Crippen LogP contribution in [0.1, 0.15) is 6.23 Å². The molecule has 2 aromatic rings. The minimum Gasteiger partial charge on any atom is -0.492 e. The summed E-state index contributed by atoms with van der Waals surface area (Å²) in [6.07, 6.45) is -3.48.